The molecule has 16 heavy (non-hydrogen) atoms. The van der Waals surface area contributed by atoms with Crippen LogP contribution in [0.4, 0.5) is 4.39 Å². The van der Waals surface area contributed by atoms with Crippen LogP contribution in [-0.4, -0.2) is 14.7 Å². The molecule has 0 amide bonds. The van der Waals surface area contributed by atoms with E-state index < -0.39 is 6.10 Å². The topological polar surface area (TPSA) is 38.0 Å². The molecule has 4 heteroatoms. The maximum Gasteiger partial charge on any atom is 0.123 e. The summed E-state index contributed by atoms with van der Waals surface area (Å²) in [4.78, 5) is 4.07. The number of aliphatic hydroxyl groups excluding tert-OH is 1. The number of benzene rings is 1. The number of aromatic nitrogens is 2. The number of nitrogens with zero attached hydrogens (tertiary/aromatic N) is 2. The fourth-order valence-electron chi connectivity index (χ4n) is 1.55. The van der Waals surface area contributed by atoms with Gasteiger partial charge in [-0.25, -0.2) is 9.37 Å². The Morgan fingerprint density at radius 1 is 1.38 bits per heavy atom. The minimum atomic E-state index is -0.647. The monoisotopic (exact) mass is 220 g/mol. The van der Waals surface area contributed by atoms with Crippen LogP contribution in [0.15, 0.2) is 36.8 Å². The van der Waals surface area contributed by atoms with Gasteiger partial charge in [0.15, 0.2) is 0 Å². The molecule has 1 unspecified atom stereocenters. The zero-order valence-corrected chi connectivity index (χ0v) is 8.97. The molecule has 0 aliphatic heterocycles. The molecule has 2 rings (SSSR count). The van der Waals surface area contributed by atoms with Crippen LogP contribution in [0, 0.1) is 5.82 Å². The molecule has 1 heterocycles. The third kappa shape index (κ3) is 2.46. The van der Waals surface area contributed by atoms with Gasteiger partial charge in [-0.15, -0.1) is 0 Å². The van der Waals surface area contributed by atoms with Gasteiger partial charge in [0.25, 0.3) is 0 Å². The van der Waals surface area contributed by atoms with E-state index in [9.17, 15) is 9.50 Å². The van der Waals surface area contributed by atoms with E-state index in [4.69, 9.17) is 0 Å². The Morgan fingerprint density at radius 3 is 2.62 bits per heavy atom. The Bertz CT molecular complexity index is 464. The van der Waals surface area contributed by atoms with Crippen LogP contribution < -0.4 is 0 Å². The predicted octanol–water partition coefficient (Wildman–Crippen LogP) is 1.84. The van der Waals surface area contributed by atoms with Gasteiger partial charge in [0.1, 0.15) is 11.9 Å². The molecule has 1 aromatic carbocycles. The molecular weight excluding hydrogens is 207 g/mol. The Hall–Kier alpha value is -1.68. The van der Waals surface area contributed by atoms with E-state index in [1.165, 1.54) is 12.1 Å². The van der Waals surface area contributed by atoms with E-state index in [2.05, 4.69) is 4.98 Å². The number of hydrogen-bond donors (Lipinski definition) is 1. The molecule has 1 aromatic heterocycles. The van der Waals surface area contributed by atoms with Crippen molar-refractivity contribution in [1.29, 1.82) is 0 Å². The van der Waals surface area contributed by atoms with E-state index in [-0.39, 0.29) is 5.82 Å². The van der Waals surface area contributed by atoms with Crippen molar-refractivity contribution in [3.63, 3.8) is 0 Å². The van der Waals surface area contributed by atoms with E-state index in [0.717, 1.165) is 5.56 Å². The number of aliphatic hydroxyl groups is 1. The molecule has 0 fully saturated rings. The molecular formula is C12H13FN2O. The molecule has 0 saturated heterocycles. The molecule has 84 valence electrons. The Kier molecular flexibility index (Phi) is 3.01. The maximum absolute atomic E-state index is 12.7. The van der Waals surface area contributed by atoms with Gasteiger partial charge in [0.05, 0.1) is 12.0 Å². The van der Waals surface area contributed by atoms with Crippen molar-refractivity contribution in [3.05, 3.63) is 53.9 Å². The minimum Gasteiger partial charge on any atom is -0.386 e. The highest BCUT2D eigenvalue weighted by atomic mass is 19.1. The van der Waals surface area contributed by atoms with Gasteiger partial charge < -0.3 is 9.67 Å². The van der Waals surface area contributed by atoms with Gasteiger partial charge in [0.2, 0.25) is 0 Å². The number of halogens is 1. The lowest BCUT2D eigenvalue weighted by Gasteiger charge is -2.07. The van der Waals surface area contributed by atoms with Gasteiger partial charge in [-0.3, -0.25) is 0 Å². The molecule has 0 saturated carbocycles. The van der Waals surface area contributed by atoms with Crippen LogP contribution in [0.3, 0.4) is 0 Å². The van der Waals surface area contributed by atoms with Crippen LogP contribution in [0.2, 0.25) is 0 Å². The number of imidazole rings is 1. The highest BCUT2D eigenvalue weighted by molar-refractivity contribution is 5.18. The van der Waals surface area contributed by atoms with E-state index in [1.54, 1.807) is 29.2 Å². The molecule has 0 radical (unpaired) electrons. The summed E-state index contributed by atoms with van der Waals surface area (Å²) in [5.41, 5.74) is 1.52. The second-order valence-electron chi connectivity index (χ2n) is 3.81. The third-order valence-corrected chi connectivity index (χ3v) is 2.41. The standard InChI is InChI=1S/C12H13FN2O/c1-15-7-11(14-8-15)12(16)6-9-2-4-10(13)5-3-9/h2-5,7-8,12,16H,6H2,1H3. The first-order valence-corrected chi connectivity index (χ1v) is 5.05. The summed E-state index contributed by atoms with van der Waals surface area (Å²) in [6.45, 7) is 0. The van der Waals surface area contributed by atoms with Crippen LogP contribution in [0.1, 0.15) is 17.4 Å². The molecule has 0 aliphatic rings. The SMILES string of the molecule is Cn1cnc(C(O)Cc2ccc(F)cc2)c1. The lowest BCUT2D eigenvalue weighted by atomic mass is 10.1. The molecule has 1 atom stereocenters. The Labute approximate surface area is 93.2 Å². The zero-order chi connectivity index (χ0) is 11.5. The van der Waals surface area contributed by atoms with Gasteiger partial charge in [-0.05, 0) is 17.7 Å². The molecule has 2 aromatic rings. The summed E-state index contributed by atoms with van der Waals surface area (Å²) in [6, 6.07) is 6.12. The van der Waals surface area contributed by atoms with Crippen molar-refractivity contribution in [2.75, 3.05) is 0 Å². The molecule has 3 nitrogen and oxygen atoms in total. The van der Waals surface area contributed by atoms with Crippen LogP contribution in [-0.2, 0) is 13.5 Å². The summed E-state index contributed by atoms with van der Waals surface area (Å²) >= 11 is 0. The largest absolute Gasteiger partial charge is 0.386 e. The van der Waals surface area contributed by atoms with Crippen LogP contribution in [0.5, 0.6) is 0 Å². The fraction of sp³-hybridized carbons (Fsp3) is 0.250. The molecule has 0 bridgehead atoms. The Morgan fingerprint density at radius 2 is 2.06 bits per heavy atom. The predicted molar refractivity (Wildman–Crippen MR) is 58.3 cm³/mol. The number of aryl methyl sites for hydroxylation is 1. The molecule has 1 N–H and O–H groups in total. The van der Waals surface area contributed by atoms with Crippen molar-refractivity contribution in [2.24, 2.45) is 7.05 Å². The number of rotatable bonds is 3. The maximum atomic E-state index is 12.7. The first kappa shape index (κ1) is 10.8. The summed E-state index contributed by atoms with van der Waals surface area (Å²) in [7, 11) is 1.85. The quantitative estimate of drug-likeness (QED) is 0.857. The third-order valence-electron chi connectivity index (χ3n) is 2.41. The first-order valence-electron chi connectivity index (χ1n) is 5.05. The number of hydrogen-bond acceptors (Lipinski definition) is 2. The van der Waals surface area contributed by atoms with E-state index in [1.807, 2.05) is 7.05 Å². The second-order valence-corrected chi connectivity index (χ2v) is 3.81. The first-order chi connectivity index (χ1) is 7.65. The lowest BCUT2D eigenvalue weighted by Crippen LogP contribution is -2.02. The van der Waals surface area contributed by atoms with Gasteiger partial charge in [-0.2, -0.15) is 0 Å². The normalized spacial score (nSPS) is 12.7. The lowest BCUT2D eigenvalue weighted by molar-refractivity contribution is 0.174. The second kappa shape index (κ2) is 4.45. The van der Waals surface area contributed by atoms with Crippen molar-refractivity contribution >= 4 is 0 Å². The van der Waals surface area contributed by atoms with Gasteiger partial charge in [-0.1, -0.05) is 12.1 Å². The van der Waals surface area contributed by atoms with Gasteiger partial charge >= 0.3 is 0 Å². The van der Waals surface area contributed by atoms with Crippen molar-refractivity contribution in [2.45, 2.75) is 12.5 Å². The zero-order valence-electron chi connectivity index (χ0n) is 8.97. The van der Waals surface area contributed by atoms with E-state index >= 15 is 0 Å². The summed E-state index contributed by atoms with van der Waals surface area (Å²) < 4.78 is 14.5. The van der Waals surface area contributed by atoms with Gasteiger partial charge in [0, 0.05) is 19.7 Å². The van der Waals surface area contributed by atoms with Crippen LogP contribution >= 0.6 is 0 Å². The van der Waals surface area contributed by atoms with Crippen LogP contribution in [0.25, 0.3) is 0 Å². The average molecular weight is 220 g/mol. The van der Waals surface area contributed by atoms with Crippen molar-refractivity contribution in [1.82, 2.24) is 9.55 Å². The highest BCUT2D eigenvalue weighted by Gasteiger charge is 2.10. The van der Waals surface area contributed by atoms with Crippen molar-refractivity contribution in [3.8, 4) is 0 Å². The van der Waals surface area contributed by atoms with E-state index in [0.29, 0.717) is 12.1 Å². The smallest absolute Gasteiger partial charge is 0.123 e. The highest BCUT2D eigenvalue weighted by Crippen LogP contribution is 2.16. The summed E-state index contributed by atoms with van der Waals surface area (Å²) in [6.07, 6.45) is 3.21. The summed E-state index contributed by atoms with van der Waals surface area (Å²) in [5.74, 6) is -0.268. The minimum absolute atomic E-state index is 0.268. The van der Waals surface area contributed by atoms with Crippen molar-refractivity contribution < 1.29 is 9.50 Å². The average Bonchev–Trinajstić information content (AvgIpc) is 2.68. The Balaban J connectivity index is 2.07. The fourth-order valence-corrected chi connectivity index (χ4v) is 1.55. The summed E-state index contributed by atoms with van der Waals surface area (Å²) in [5, 5.41) is 9.89. The molecule has 0 aliphatic carbocycles. The molecule has 0 spiro atoms.